The molecule has 0 saturated carbocycles. The quantitative estimate of drug-likeness (QED) is 0.374. The van der Waals surface area contributed by atoms with Gasteiger partial charge in [-0.15, -0.1) is 0 Å². The number of carbonyl (C=O) groups excluding carboxylic acids is 1. The third kappa shape index (κ3) is 4.91. The molecule has 0 saturated heterocycles. The Balaban J connectivity index is 1.90. The second-order valence-corrected chi connectivity index (χ2v) is 5.31. The summed E-state index contributed by atoms with van der Waals surface area (Å²) in [6.07, 6.45) is 0.838. The van der Waals surface area contributed by atoms with Gasteiger partial charge in [-0.25, -0.2) is 4.79 Å². The van der Waals surface area contributed by atoms with Crippen molar-refractivity contribution in [3.63, 3.8) is 0 Å². The zero-order valence-corrected chi connectivity index (χ0v) is 14.6. The van der Waals surface area contributed by atoms with Gasteiger partial charge in [-0.05, 0) is 19.4 Å². The molecule has 1 unspecified atom stereocenters. The summed E-state index contributed by atoms with van der Waals surface area (Å²) in [5.41, 5.74) is -0.199. The monoisotopic (exact) mass is 365 g/mol. The van der Waals surface area contributed by atoms with E-state index in [0.29, 0.717) is 12.2 Å². The lowest BCUT2D eigenvalue weighted by Gasteiger charge is -2.10. The lowest BCUT2D eigenvalue weighted by molar-refractivity contribution is -0.385. The standard InChI is InChI=1S/C16H19N3O7/c1-4-5-14-17-16(26-18-14)10(2)25-15(20)9-24-11-6-7-12(19(21)22)13(8-11)23-3/h6-8,10H,4-5,9H2,1-3H3. The minimum absolute atomic E-state index is 0.0311. The molecule has 1 heterocycles. The number of nitro benzene ring substituents is 1. The van der Waals surface area contributed by atoms with Crippen LogP contribution >= 0.6 is 0 Å². The van der Waals surface area contributed by atoms with E-state index in [1.807, 2.05) is 6.92 Å². The van der Waals surface area contributed by atoms with Crippen molar-refractivity contribution in [1.29, 1.82) is 0 Å². The smallest absolute Gasteiger partial charge is 0.344 e. The molecule has 1 aromatic carbocycles. The molecule has 0 aliphatic carbocycles. The van der Waals surface area contributed by atoms with Gasteiger partial charge in [0.1, 0.15) is 5.75 Å². The van der Waals surface area contributed by atoms with Gasteiger partial charge in [0.15, 0.2) is 18.5 Å². The van der Waals surface area contributed by atoms with Crippen molar-refractivity contribution in [3.8, 4) is 11.5 Å². The summed E-state index contributed by atoms with van der Waals surface area (Å²) in [4.78, 5) is 26.3. The molecule has 1 atom stereocenters. The highest BCUT2D eigenvalue weighted by molar-refractivity contribution is 5.71. The summed E-state index contributed by atoms with van der Waals surface area (Å²) in [5, 5.41) is 14.6. The molecular weight excluding hydrogens is 346 g/mol. The van der Waals surface area contributed by atoms with Crippen LogP contribution in [0.1, 0.15) is 38.1 Å². The minimum atomic E-state index is -0.712. The molecule has 0 N–H and O–H groups in total. The molecule has 10 heteroatoms. The largest absolute Gasteiger partial charge is 0.490 e. The van der Waals surface area contributed by atoms with Gasteiger partial charge in [0, 0.05) is 18.6 Å². The number of benzene rings is 1. The van der Waals surface area contributed by atoms with Crippen molar-refractivity contribution in [1.82, 2.24) is 10.1 Å². The highest BCUT2D eigenvalue weighted by Crippen LogP contribution is 2.30. The fourth-order valence-corrected chi connectivity index (χ4v) is 2.08. The Hall–Kier alpha value is -3.17. The van der Waals surface area contributed by atoms with Gasteiger partial charge >= 0.3 is 11.7 Å². The van der Waals surface area contributed by atoms with Gasteiger partial charge in [0.05, 0.1) is 12.0 Å². The molecule has 10 nitrogen and oxygen atoms in total. The van der Waals surface area contributed by atoms with Gasteiger partial charge in [0.25, 0.3) is 5.89 Å². The lowest BCUT2D eigenvalue weighted by Crippen LogP contribution is -2.17. The van der Waals surface area contributed by atoms with Crippen molar-refractivity contribution in [2.75, 3.05) is 13.7 Å². The number of carbonyl (C=O) groups is 1. The molecule has 0 aliphatic rings. The number of rotatable bonds is 9. The Morgan fingerprint density at radius 2 is 2.19 bits per heavy atom. The van der Waals surface area contributed by atoms with Crippen LogP contribution in [-0.4, -0.2) is 34.7 Å². The van der Waals surface area contributed by atoms with E-state index < -0.39 is 17.0 Å². The zero-order valence-electron chi connectivity index (χ0n) is 14.6. The minimum Gasteiger partial charge on any atom is -0.490 e. The maximum Gasteiger partial charge on any atom is 0.344 e. The molecule has 0 fully saturated rings. The van der Waals surface area contributed by atoms with Gasteiger partial charge in [0.2, 0.25) is 5.75 Å². The number of aromatic nitrogens is 2. The molecule has 0 radical (unpaired) electrons. The van der Waals surface area contributed by atoms with Gasteiger partial charge < -0.3 is 18.7 Å². The van der Waals surface area contributed by atoms with Crippen molar-refractivity contribution < 1.29 is 28.5 Å². The SMILES string of the molecule is CCCc1noc(C(C)OC(=O)COc2ccc([N+](=O)[O-])c(OC)c2)n1. The maximum atomic E-state index is 11.9. The second-order valence-electron chi connectivity index (χ2n) is 5.31. The molecule has 0 spiro atoms. The summed E-state index contributed by atoms with van der Waals surface area (Å²) < 4.78 is 20.4. The van der Waals surface area contributed by atoms with Gasteiger partial charge in [-0.2, -0.15) is 4.98 Å². The van der Waals surface area contributed by atoms with Crippen molar-refractivity contribution in [2.45, 2.75) is 32.8 Å². The highest BCUT2D eigenvalue weighted by Gasteiger charge is 2.20. The number of nitrogens with zero attached hydrogens (tertiary/aromatic N) is 3. The molecule has 0 bridgehead atoms. The summed E-state index contributed by atoms with van der Waals surface area (Å²) >= 11 is 0. The normalized spacial score (nSPS) is 11.7. The Morgan fingerprint density at radius 1 is 1.42 bits per heavy atom. The van der Waals surface area contributed by atoms with E-state index in [4.69, 9.17) is 18.7 Å². The Bertz CT molecular complexity index is 775. The first-order valence-corrected chi connectivity index (χ1v) is 7.91. The second kappa shape index (κ2) is 8.79. The summed E-state index contributed by atoms with van der Waals surface area (Å²) in [7, 11) is 1.30. The number of ether oxygens (including phenoxy) is 3. The Morgan fingerprint density at radius 3 is 2.85 bits per heavy atom. The summed E-state index contributed by atoms with van der Waals surface area (Å²) in [6.45, 7) is 3.21. The average molecular weight is 365 g/mol. The number of esters is 1. The average Bonchev–Trinajstić information content (AvgIpc) is 3.08. The van der Waals surface area contributed by atoms with Crippen molar-refractivity contribution in [3.05, 3.63) is 40.0 Å². The van der Waals surface area contributed by atoms with Crippen molar-refractivity contribution in [2.24, 2.45) is 0 Å². The fraction of sp³-hybridized carbons (Fsp3) is 0.438. The summed E-state index contributed by atoms with van der Waals surface area (Å²) in [5.74, 6) is 0.382. The maximum absolute atomic E-state index is 11.9. The van der Waals surface area contributed by atoms with E-state index >= 15 is 0 Å². The Kier molecular flexibility index (Phi) is 6.48. The molecular formula is C16H19N3O7. The van der Waals surface area contributed by atoms with Crippen molar-refractivity contribution >= 4 is 11.7 Å². The molecule has 0 aliphatic heterocycles. The van der Waals surface area contributed by atoms with E-state index in [1.165, 1.54) is 25.3 Å². The van der Waals surface area contributed by atoms with Crippen LogP contribution in [0.5, 0.6) is 11.5 Å². The predicted molar refractivity (Wildman–Crippen MR) is 87.9 cm³/mol. The first-order chi connectivity index (χ1) is 12.4. The van der Waals surface area contributed by atoms with E-state index in [9.17, 15) is 14.9 Å². The van der Waals surface area contributed by atoms with Crippen LogP contribution in [0.3, 0.4) is 0 Å². The van der Waals surface area contributed by atoms with E-state index in [2.05, 4.69) is 10.1 Å². The molecule has 2 rings (SSSR count). The van der Waals surface area contributed by atoms with Gasteiger partial charge in [-0.3, -0.25) is 10.1 Å². The van der Waals surface area contributed by atoms with Crippen LogP contribution < -0.4 is 9.47 Å². The van der Waals surface area contributed by atoms with Crippen LogP contribution in [0.25, 0.3) is 0 Å². The third-order valence-electron chi connectivity index (χ3n) is 3.32. The van der Waals surface area contributed by atoms with Crippen LogP contribution in [0.15, 0.2) is 22.7 Å². The van der Waals surface area contributed by atoms with Crippen LogP contribution in [-0.2, 0) is 16.0 Å². The van der Waals surface area contributed by atoms with Gasteiger partial charge in [-0.1, -0.05) is 12.1 Å². The van der Waals surface area contributed by atoms with E-state index in [0.717, 1.165) is 6.42 Å². The zero-order chi connectivity index (χ0) is 19.1. The number of aryl methyl sites for hydroxylation is 1. The topological polar surface area (TPSA) is 127 Å². The van der Waals surface area contributed by atoms with Crippen LogP contribution in [0.2, 0.25) is 0 Å². The summed E-state index contributed by atoms with van der Waals surface area (Å²) in [6, 6.07) is 3.92. The first-order valence-electron chi connectivity index (χ1n) is 7.91. The number of hydrogen-bond donors (Lipinski definition) is 0. The third-order valence-corrected chi connectivity index (χ3v) is 3.32. The number of hydrogen-bond acceptors (Lipinski definition) is 9. The van der Waals surface area contributed by atoms with Crippen LogP contribution in [0, 0.1) is 10.1 Å². The van der Waals surface area contributed by atoms with E-state index in [1.54, 1.807) is 6.92 Å². The number of methoxy groups -OCH3 is 1. The molecule has 0 amide bonds. The van der Waals surface area contributed by atoms with E-state index in [-0.39, 0.29) is 29.7 Å². The first kappa shape index (κ1) is 19.2. The molecule has 26 heavy (non-hydrogen) atoms. The highest BCUT2D eigenvalue weighted by atomic mass is 16.6. The fourth-order valence-electron chi connectivity index (χ4n) is 2.08. The lowest BCUT2D eigenvalue weighted by atomic mass is 10.3. The molecule has 140 valence electrons. The number of nitro groups is 1. The Labute approximate surface area is 149 Å². The predicted octanol–water partition coefficient (Wildman–Crippen LogP) is 2.62. The molecule has 2 aromatic rings. The van der Waals surface area contributed by atoms with Crippen LogP contribution in [0.4, 0.5) is 5.69 Å². The molecule has 1 aromatic heterocycles.